The highest BCUT2D eigenvalue weighted by atomic mass is 16.5. The van der Waals surface area contributed by atoms with E-state index in [-0.39, 0.29) is 5.91 Å². The number of rotatable bonds is 6. The van der Waals surface area contributed by atoms with Crippen molar-refractivity contribution in [3.63, 3.8) is 0 Å². The zero-order chi connectivity index (χ0) is 17.3. The van der Waals surface area contributed by atoms with Crippen LogP contribution < -0.4 is 15.0 Å². The van der Waals surface area contributed by atoms with Gasteiger partial charge in [0.1, 0.15) is 11.6 Å². The minimum Gasteiger partial charge on any atom is -0.493 e. The molecule has 3 rings (SSSR count). The summed E-state index contributed by atoms with van der Waals surface area (Å²) in [5.74, 6) is 1.70. The lowest BCUT2D eigenvalue weighted by Crippen LogP contribution is -2.24. The number of pyridine rings is 1. The zero-order valence-electron chi connectivity index (χ0n) is 14.5. The van der Waals surface area contributed by atoms with Crippen molar-refractivity contribution in [2.24, 2.45) is 0 Å². The van der Waals surface area contributed by atoms with Gasteiger partial charge in [-0.15, -0.1) is 0 Å². The molecule has 5 nitrogen and oxygen atoms in total. The number of para-hydroxylation sites is 1. The Morgan fingerprint density at radius 3 is 2.48 bits per heavy atom. The van der Waals surface area contributed by atoms with Crippen molar-refractivity contribution in [2.75, 3.05) is 29.9 Å². The average molecular weight is 339 g/mol. The van der Waals surface area contributed by atoms with Crippen LogP contribution in [0.5, 0.6) is 5.75 Å². The van der Waals surface area contributed by atoms with E-state index in [0.717, 1.165) is 30.3 Å². The summed E-state index contributed by atoms with van der Waals surface area (Å²) in [6.07, 6.45) is 7.09. The lowest BCUT2D eigenvalue weighted by molar-refractivity contribution is -0.116. The van der Waals surface area contributed by atoms with Gasteiger partial charge in [0.25, 0.3) is 0 Å². The number of nitrogens with one attached hydrogen (secondary N) is 1. The quantitative estimate of drug-likeness (QED) is 0.868. The minimum atomic E-state index is -0.0692. The van der Waals surface area contributed by atoms with Crippen molar-refractivity contribution in [2.45, 2.75) is 32.1 Å². The molecule has 0 radical (unpaired) electrons. The number of amides is 1. The largest absolute Gasteiger partial charge is 0.493 e. The number of nitrogens with zero attached hydrogens (tertiary/aromatic N) is 2. The molecule has 1 N–H and O–H groups in total. The fourth-order valence-corrected chi connectivity index (χ4v) is 2.95. The van der Waals surface area contributed by atoms with E-state index in [0.29, 0.717) is 13.0 Å². The van der Waals surface area contributed by atoms with Crippen LogP contribution >= 0.6 is 0 Å². The Labute approximate surface area is 149 Å². The number of anilines is 2. The predicted octanol–water partition coefficient (Wildman–Crippen LogP) is 3.87. The van der Waals surface area contributed by atoms with Crippen LogP contribution in [0.15, 0.2) is 48.7 Å². The SMILES string of the molecule is O=C(CCOc1ccccc1)Nc1ccc(N2CCCCCC2)nc1. The Bertz CT molecular complexity index is 650. The summed E-state index contributed by atoms with van der Waals surface area (Å²) in [6.45, 7) is 2.49. The highest BCUT2D eigenvalue weighted by Gasteiger charge is 2.11. The lowest BCUT2D eigenvalue weighted by atomic mass is 10.2. The standard InChI is InChI=1S/C20H25N3O2/c24-20(12-15-25-18-8-4-3-5-9-18)22-17-10-11-19(21-16-17)23-13-6-1-2-7-14-23/h3-5,8-11,16H,1-2,6-7,12-15H2,(H,22,24). The molecule has 2 aromatic rings. The van der Waals surface area contributed by atoms with Gasteiger partial charge in [0.15, 0.2) is 0 Å². The summed E-state index contributed by atoms with van der Waals surface area (Å²) in [6, 6.07) is 13.4. The molecule has 2 heterocycles. The Kier molecular flexibility index (Phi) is 6.26. The number of ether oxygens (including phenoxy) is 1. The van der Waals surface area contributed by atoms with E-state index in [9.17, 15) is 4.79 Å². The molecular weight excluding hydrogens is 314 g/mol. The van der Waals surface area contributed by atoms with Gasteiger partial charge in [-0.2, -0.15) is 0 Å². The second-order valence-electron chi connectivity index (χ2n) is 6.27. The van der Waals surface area contributed by atoms with Gasteiger partial charge in [0.2, 0.25) is 5.91 Å². The van der Waals surface area contributed by atoms with Gasteiger partial charge in [0.05, 0.1) is 24.9 Å². The summed E-state index contributed by atoms with van der Waals surface area (Å²) in [7, 11) is 0. The van der Waals surface area contributed by atoms with Gasteiger partial charge >= 0.3 is 0 Å². The topological polar surface area (TPSA) is 54.5 Å². The molecule has 25 heavy (non-hydrogen) atoms. The Morgan fingerprint density at radius 1 is 1.04 bits per heavy atom. The first-order valence-electron chi connectivity index (χ1n) is 9.00. The normalized spacial score (nSPS) is 14.6. The van der Waals surface area contributed by atoms with Gasteiger partial charge in [-0.05, 0) is 37.1 Å². The van der Waals surface area contributed by atoms with E-state index in [1.165, 1.54) is 25.7 Å². The zero-order valence-corrected chi connectivity index (χ0v) is 14.5. The van der Waals surface area contributed by atoms with Crippen LogP contribution in [0.1, 0.15) is 32.1 Å². The summed E-state index contributed by atoms with van der Waals surface area (Å²) in [5, 5.41) is 2.87. The molecule has 132 valence electrons. The van der Waals surface area contributed by atoms with Crippen LogP contribution in [-0.4, -0.2) is 30.6 Å². The first-order chi connectivity index (χ1) is 12.3. The first kappa shape index (κ1) is 17.3. The number of benzene rings is 1. The molecule has 1 aliphatic rings. The maximum atomic E-state index is 12.0. The minimum absolute atomic E-state index is 0.0692. The van der Waals surface area contributed by atoms with Gasteiger partial charge in [-0.1, -0.05) is 31.0 Å². The Hall–Kier alpha value is -2.56. The lowest BCUT2D eigenvalue weighted by Gasteiger charge is -2.21. The van der Waals surface area contributed by atoms with Gasteiger partial charge < -0.3 is 15.0 Å². The summed E-state index contributed by atoms with van der Waals surface area (Å²) in [4.78, 5) is 18.8. The molecule has 1 saturated heterocycles. The van der Waals surface area contributed by atoms with Gasteiger partial charge in [-0.3, -0.25) is 4.79 Å². The molecule has 0 unspecified atom stereocenters. The van der Waals surface area contributed by atoms with E-state index in [1.807, 2.05) is 42.5 Å². The highest BCUT2D eigenvalue weighted by molar-refractivity contribution is 5.90. The van der Waals surface area contributed by atoms with Gasteiger partial charge in [0, 0.05) is 13.1 Å². The summed E-state index contributed by atoms with van der Waals surface area (Å²) >= 11 is 0. The molecule has 1 aliphatic heterocycles. The second-order valence-corrected chi connectivity index (χ2v) is 6.27. The first-order valence-corrected chi connectivity index (χ1v) is 9.00. The smallest absolute Gasteiger partial charge is 0.227 e. The number of carbonyl (C=O) groups excluding carboxylic acids is 1. The molecule has 1 aromatic heterocycles. The third kappa shape index (κ3) is 5.48. The van der Waals surface area contributed by atoms with Crippen molar-refractivity contribution >= 4 is 17.4 Å². The van der Waals surface area contributed by atoms with Crippen LogP contribution in [0.4, 0.5) is 11.5 Å². The molecular formula is C20H25N3O2. The van der Waals surface area contributed by atoms with E-state index >= 15 is 0 Å². The Balaban J connectivity index is 1.45. The van der Waals surface area contributed by atoms with E-state index in [4.69, 9.17) is 4.74 Å². The molecule has 0 bridgehead atoms. The van der Waals surface area contributed by atoms with Crippen molar-refractivity contribution in [1.82, 2.24) is 4.98 Å². The highest BCUT2D eigenvalue weighted by Crippen LogP contribution is 2.19. The predicted molar refractivity (Wildman–Crippen MR) is 100 cm³/mol. The van der Waals surface area contributed by atoms with Crippen LogP contribution in [-0.2, 0) is 4.79 Å². The van der Waals surface area contributed by atoms with Gasteiger partial charge in [-0.25, -0.2) is 4.98 Å². The van der Waals surface area contributed by atoms with Crippen molar-refractivity contribution in [3.8, 4) is 5.75 Å². The van der Waals surface area contributed by atoms with Crippen molar-refractivity contribution < 1.29 is 9.53 Å². The summed E-state index contributed by atoms with van der Waals surface area (Å²) in [5.41, 5.74) is 0.725. The fourth-order valence-electron chi connectivity index (χ4n) is 2.95. The van der Waals surface area contributed by atoms with Crippen LogP contribution in [0.25, 0.3) is 0 Å². The molecule has 1 amide bonds. The van der Waals surface area contributed by atoms with E-state index < -0.39 is 0 Å². The van der Waals surface area contributed by atoms with Crippen LogP contribution in [0.3, 0.4) is 0 Å². The second kappa shape index (κ2) is 9.06. The molecule has 1 aromatic carbocycles. The van der Waals surface area contributed by atoms with E-state index in [1.54, 1.807) is 6.20 Å². The van der Waals surface area contributed by atoms with Crippen LogP contribution in [0, 0.1) is 0 Å². The van der Waals surface area contributed by atoms with Crippen molar-refractivity contribution in [1.29, 1.82) is 0 Å². The monoisotopic (exact) mass is 339 g/mol. The third-order valence-electron chi connectivity index (χ3n) is 4.30. The number of carbonyl (C=O) groups is 1. The number of aromatic nitrogens is 1. The van der Waals surface area contributed by atoms with Crippen LogP contribution in [0.2, 0.25) is 0 Å². The third-order valence-corrected chi connectivity index (χ3v) is 4.30. The Morgan fingerprint density at radius 2 is 1.80 bits per heavy atom. The van der Waals surface area contributed by atoms with Crippen molar-refractivity contribution in [3.05, 3.63) is 48.7 Å². The average Bonchev–Trinajstić information content (AvgIpc) is 2.93. The van der Waals surface area contributed by atoms with E-state index in [2.05, 4.69) is 15.2 Å². The summed E-state index contributed by atoms with van der Waals surface area (Å²) < 4.78 is 5.54. The fraction of sp³-hybridized carbons (Fsp3) is 0.400. The molecule has 1 fully saturated rings. The maximum Gasteiger partial charge on any atom is 0.227 e. The number of hydrogen-bond acceptors (Lipinski definition) is 4. The number of hydrogen-bond donors (Lipinski definition) is 1. The molecule has 5 heteroatoms. The molecule has 0 saturated carbocycles. The maximum absolute atomic E-state index is 12.0. The molecule has 0 aliphatic carbocycles. The molecule has 0 spiro atoms. The molecule has 0 atom stereocenters.